The van der Waals surface area contributed by atoms with Gasteiger partial charge in [-0.05, 0) is 36.3 Å². The molecule has 0 aliphatic rings. The number of amides is 1. The summed E-state index contributed by atoms with van der Waals surface area (Å²) in [5, 5.41) is 2.74. The molecule has 2 aromatic carbocycles. The fraction of sp³-hybridized carbons (Fsp3) is 0.158. The topological polar surface area (TPSA) is 55.4 Å². The van der Waals surface area contributed by atoms with Crippen LogP contribution in [0.3, 0.4) is 0 Å². The van der Waals surface area contributed by atoms with Crippen LogP contribution in [-0.2, 0) is 14.3 Å². The molecule has 0 aromatic heterocycles. The fourth-order valence-electron chi connectivity index (χ4n) is 2.07. The zero-order valence-corrected chi connectivity index (χ0v) is 13.2. The number of carbonyl (C=O) groups excluding carboxylic acids is 2. The van der Waals surface area contributed by atoms with Crippen molar-refractivity contribution in [3.8, 4) is 0 Å². The summed E-state index contributed by atoms with van der Waals surface area (Å²) in [4.78, 5) is 23.4. The maximum atomic E-state index is 13.0. The Bertz CT molecular complexity index is 728. The molecule has 4 nitrogen and oxygen atoms in total. The van der Waals surface area contributed by atoms with Crippen molar-refractivity contribution in [1.82, 2.24) is 5.32 Å². The van der Waals surface area contributed by atoms with Crippen LogP contribution >= 0.6 is 0 Å². The van der Waals surface area contributed by atoms with E-state index in [1.165, 1.54) is 18.2 Å². The first-order chi connectivity index (χ1) is 11.5. The molecule has 0 saturated carbocycles. The molecule has 1 amide bonds. The summed E-state index contributed by atoms with van der Waals surface area (Å²) in [7, 11) is 0. The molecular formula is C19H18FNO3. The van der Waals surface area contributed by atoms with Gasteiger partial charge in [-0.25, -0.2) is 9.18 Å². The normalized spacial score (nSPS) is 11.9. The van der Waals surface area contributed by atoms with E-state index in [-0.39, 0.29) is 24.4 Å². The predicted molar refractivity (Wildman–Crippen MR) is 89.4 cm³/mol. The first kappa shape index (κ1) is 17.4. The van der Waals surface area contributed by atoms with E-state index in [2.05, 4.69) is 5.32 Å². The van der Waals surface area contributed by atoms with E-state index in [1.807, 2.05) is 37.3 Å². The van der Waals surface area contributed by atoms with Crippen molar-refractivity contribution in [3.63, 3.8) is 0 Å². The Morgan fingerprint density at radius 2 is 1.92 bits per heavy atom. The summed E-state index contributed by atoms with van der Waals surface area (Å²) < 4.78 is 17.9. The second-order valence-corrected chi connectivity index (χ2v) is 5.20. The minimum Gasteiger partial charge on any atom is -0.452 e. The third-order valence-corrected chi connectivity index (χ3v) is 3.28. The van der Waals surface area contributed by atoms with Crippen molar-refractivity contribution in [3.05, 3.63) is 77.6 Å². The Morgan fingerprint density at radius 1 is 1.17 bits per heavy atom. The van der Waals surface area contributed by atoms with Crippen molar-refractivity contribution < 1.29 is 18.7 Å². The fourth-order valence-corrected chi connectivity index (χ4v) is 2.07. The van der Waals surface area contributed by atoms with Crippen LogP contribution in [0.15, 0.2) is 60.7 Å². The Labute approximate surface area is 140 Å². The number of hydrogen-bond acceptors (Lipinski definition) is 3. The maximum absolute atomic E-state index is 13.0. The van der Waals surface area contributed by atoms with Gasteiger partial charge in [0, 0.05) is 6.08 Å². The van der Waals surface area contributed by atoms with Crippen LogP contribution in [0.2, 0.25) is 0 Å². The van der Waals surface area contributed by atoms with Crippen molar-refractivity contribution in [2.45, 2.75) is 13.0 Å². The van der Waals surface area contributed by atoms with E-state index >= 15 is 0 Å². The van der Waals surface area contributed by atoms with Gasteiger partial charge in [0.25, 0.3) is 5.91 Å². The second kappa shape index (κ2) is 8.62. The zero-order chi connectivity index (χ0) is 17.4. The van der Waals surface area contributed by atoms with E-state index in [9.17, 15) is 14.0 Å². The molecule has 0 saturated heterocycles. The lowest BCUT2D eigenvalue weighted by molar-refractivity contribution is -0.144. The molecule has 5 heteroatoms. The summed E-state index contributed by atoms with van der Waals surface area (Å²) in [6, 6.07) is 15.1. The Morgan fingerprint density at radius 3 is 2.62 bits per heavy atom. The number of benzene rings is 2. The molecule has 0 radical (unpaired) electrons. The molecule has 24 heavy (non-hydrogen) atoms. The van der Waals surface area contributed by atoms with Crippen molar-refractivity contribution in [1.29, 1.82) is 0 Å². The van der Waals surface area contributed by atoms with Crippen LogP contribution in [-0.4, -0.2) is 18.5 Å². The number of nitrogens with one attached hydrogen (secondary N) is 1. The van der Waals surface area contributed by atoms with Gasteiger partial charge in [-0.1, -0.05) is 42.5 Å². The van der Waals surface area contributed by atoms with Crippen molar-refractivity contribution >= 4 is 18.0 Å². The molecule has 0 fully saturated rings. The zero-order valence-electron chi connectivity index (χ0n) is 13.2. The van der Waals surface area contributed by atoms with E-state index in [0.717, 1.165) is 11.6 Å². The number of esters is 1. The van der Waals surface area contributed by atoms with Gasteiger partial charge in [-0.3, -0.25) is 4.79 Å². The van der Waals surface area contributed by atoms with Crippen LogP contribution in [0.4, 0.5) is 4.39 Å². The molecule has 0 unspecified atom stereocenters. The molecule has 1 N–H and O–H groups in total. The SMILES string of the molecule is C[C@@H](NC(=O)COC(=O)/C=C/c1cccc(F)c1)c1ccccc1. The molecule has 0 aliphatic carbocycles. The Balaban J connectivity index is 1.78. The van der Waals surface area contributed by atoms with E-state index in [4.69, 9.17) is 4.74 Å². The molecule has 2 aromatic rings. The molecule has 0 spiro atoms. The van der Waals surface area contributed by atoms with Gasteiger partial charge in [-0.15, -0.1) is 0 Å². The highest BCUT2D eigenvalue weighted by Crippen LogP contribution is 2.10. The summed E-state index contributed by atoms with van der Waals surface area (Å²) in [5.74, 6) is -1.44. The molecule has 1 atom stereocenters. The molecule has 0 aliphatic heterocycles. The maximum Gasteiger partial charge on any atom is 0.331 e. The van der Waals surface area contributed by atoms with Gasteiger partial charge < -0.3 is 10.1 Å². The van der Waals surface area contributed by atoms with Gasteiger partial charge in [0.05, 0.1) is 6.04 Å². The summed E-state index contributed by atoms with van der Waals surface area (Å²) >= 11 is 0. The summed E-state index contributed by atoms with van der Waals surface area (Å²) in [6.07, 6.45) is 2.58. The van der Waals surface area contributed by atoms with Gasteiger partial charge >= 0.3 is 5.97 Å². The molecule has 124 valence electrons. The third-order valence-electron chi connectivity index (χ3n) is 3.28. The first-order valence-corrected chi connectivity index (χ1v) is 7.49. The lowest BCUT2D eigenvalue weighted by Crippen LogP contribution is -2.30. The van der Waals surface area contributed by atoms with E-state index in [0.29, 0.717) is 5.56 Å². The lowest BCUT2D eigenvalue weighted by atomic mass is 10.1. The molecule has 0 heterocycles. The number of rotatable bonds is 6. The average molecular weight is 327 g/mol. The van der Waals surface area contributed by atoms with Crippen LogP contribution in [0.1, 0.15) is 24.1 Å². The van der Waals surface area contributed by atoms with Gasteiger partial charge in [0.15, 0.2) is 6.61 Å². The van der Waals surface area contributed by atoms with Gasteiger partial charge in [-0.2, -0.15) is 0 Å². The highest BCUT2D eigenvalue weighted by Gasteiger charge is 2.10. The monoisotopic (exact) mass is 327 g/mol. The van der Waals surface area contributed by atoms with Gasteiger partial charge in [0.2, 0.25) is 0 Å². The molecule has 2 rings (SSSR count). The Kier molecular flexibility index (Phi) is 6.25. The highest BCUT2D eigenvalue weighted by atomic mass is 19.1. The van der Waals surface area contributed by atoms with Crippen LogP contribution in [0.5, 0.6) is 0 Å². The number of hydrogen-bond donors (Lipinski definition) is 1. The smallest absolute Gasteiger partial charge is 0.331 e. The second-order valence-electron chi connectivity index (χ2n) is 5.20. The Hall–Kier alpha value is -2.95. The summed E-state index contributed by atoms with van der Waals surface area (Å²) in [5.41, 5.74) is 1.50. The number of ether oxygens (including phenoxy) is 1. The minimum atomic E-state index is -0.665. The molecule has 0 bridgehead atoms. The first-order valence-electron chi connectivity index (χ1n) is 7.49. The number of halogens is 1. The summed E-state index contributed by atoms with van der Waals surface area (Å²) in [6.45, 7) is 1.47. The minimum absolute atomic E-state index is 0.180. The predicted octanol–water partition coefficient (Wildman–Crippen LogP) is 3.26. The van der Waals surface area contributed by atoms with Crippen LogP contribution in [0, 0.1) is 5.82 Å². The highest BCUT2D eigenvalue weighted by molar-refractivity contribution is 5.89. The lowest BCUT2D eigenvalue weighted by Gasteiger charge is -2.13. The van der Waals surface area contributed by atoms with Crippen LogP contribution < -0.4 is 5.32 Å². The number of carbonyl (C=O) groups is 2. The van der Waals surface area contributed by atoms with Crippen molar-refractivity contribution in [2.75, 3.05) is 6.61 Å². The average Bonchev–Trinajstić information content (AvgIpc) is 2.59. The van der Waals surface area contributed by atoms with E-state index < -0.39 is 5.97 Å². The standard InChI is InChI=1S/C19H18FNO3/c1-14(16-7-3-2-4-8-16)21-18(22)13-24-19(23)11-10-15-6-5-9-17(20)12-15/h2-12,14H,13H2,1H3,(H,21,22)/b11-10+/t14-/m1/s1. The quantitative estimate of drug-likeness (QED) is 0.654. The van der Waals surface area contributed by atoms with Crippen molar-refractivity contribution in [2.24, 2.45) is 0 Å². The molecular weight excluding hydrogens is 309 g/mol. The third kappa shape index (κ3) is 5.68. The van der Waals surface area contributed by atoms with Crippen LogP contribution in [0.25, 0.3) is 6.08 Å². The van der Waals surface area contributed by atoms with E-state index in [1.54, 1.807) is 12.1 Å². The largest absolute Gasteiger partial charge is 0.452 e. The van der Waals surface area contributed by atoms with Gasteiger partial charge in [0.1, 0.15) is 5.82 Å².